The molecule has 0 radical (unpaired) electrons. The first kappa shape index (κ1) is 20.2. The minimum absolute atomic E-state index is 0.391. The largest absolute Gasteiger partial charge is 0.369 e. The number of halogens is 1. The van der Waals surface area contributed by atoms with Crippen molar-refractivity contribution in [2.45, 2.75) is 6.42 Å². The van der Waals surface area contributed by atoms with Gasteiger partial charge in [0.15, 0.2) is 0 Å². The van der Waals surface area contributed by atoms with Gasteiger partial charge in [-0.3, -0.25) is 9.59 Å². The summed E-state index contributed by atoms with van der Waals surface area (Å²) in [4.78, 5) is 28.6. The van der Waals surface area contributed by atoms with Crippen LogP contribution < -0.4 is 15.5 Å². The molecule has 2 amide bonds. The van der Waals surface area contributed by atoms with E-state index in [9.17, 15) is 9.59 Å². The van der Waals surface area contributed by atoms with Crippen LogP contribution in [0.3, 0.4) is 0 Å². The van der Waals surface area contributed by atoms with E-state index in [-0.39, 0.29) is 0 Å². The second kappa shape index (κ2) is 9.57. The quantitative estimate of drug-likeness (QED) is 0.756. The molecular formula is C21H25ClN4O2. The van der Waals surface area contributed by atoms with Crippen LogP contribution >= 0.6 is 11.6 Å². The van der Waals surface area contributed by atoms with Crippen molar-refractivity contribution >= 4 is 34.8 Å². The third kappa shape index (κ3) is 5.47. The molecule has 1 aliphatic heterocycles. The van der Waals surface area contributed by atoms with Crippen molar-refractivity contribution in [3.8, 4) is 0 Å². The number of hydrogen-bond acceptors (Lipinski definition) is 4. The van der Waals surface area contributed by atoms with Gasteiger partial charge in [0.05, 0.1) is 10.7 Å². The highest BCUT2D eigenvalue weighted by Gasteiger charge is 2.15. The lowest BCUT2D eigenvalue weighted by Gasteiger charge is -2.34. The summed E-state index contributed by atoms with van der Waals surface area (Å²) in [5, 5.41) is 5.55. The summed E-state index contributed by atoms with van der Waals surface area (Å²) >= 11 is 5.98. The highest BCUT2D eigenvalue weighted by Crippen LogP contribution is 2.20. The van der Waals surface area contributed by atoms with E-state index >= 15 is 0 Å². The van der Waals surface area contributed by atoms with Gasteiger partial charge >= 0.3 is 11.8 Å². The lowest BCUT2D eigenvalue weighted by atomic mass is 10.1. The van der Waals surface area contributed by atoms with Crippen LogP contribution in [0.25, 0.3) is 0 Å². The molecule has 0 bridgehead atoms. The van der Waals surface area contributed by atoms with Crippen molar-refractivity contribution in [3.05, 3.63) is 59.1 Å². The molecule has 1 aliphatic rings. The summed E-state index contributed by atoms with van der Waals surface area (Å²) in [6.07, 6.45) is 0.661. The molecule has 0 atom stereocenters. The summed E-state index contributed by atoms with van der Waals surface area (Å²) < 4.78 is 0. The number of amides is 2. The zero-order chi connectivity index (χ0) is 19.9. The molecule has 0 spiro atoms. The normalized spacial score (nSPS) is 14.6. The maximum absolute atomic E-state index is 12.0. The molecule has 0 unspecified atom stereocenters. The number of nitrogens with zero attached hydrogens (tertiary/aromatic N) is 2. The fourth-order valence-corrected chi connectivity index (χ4v) is 3.26. The summed E-state index contributed by atoms with van der Waals surface area (Å²) in [5.41, 5.74) is 2.76. The molecule has 7 heteroatoms. The van der Waals surface area contributed by atoms with E-state index in [1.54, 1.807) is 24.3 Å². The van der Waals surface area contributed by atoms with E-state index in [2.05, 4.69) is 51.7 Å². The number of rotatable bonds is 5. The number of piperazine rings is 1. The standard InChI is InChI=1S/C21H25ClN4O2/c1-25-12-14-26(15-13-25)17-8-6-16(7-9-17)10-11-23-20(27)21(28)24-19-5-3-2-4-18(19)22/h2-9H,10-15H2,1H3,(H,23,27)(H,24,28). The van der Waals surface area contributed by atoms with Gasteiger partial charge in [-0.1, -0.05) is 35.9 Å². The van der Waals surface area contributed by atoms with Gasteiger partial charge in [-0.05, 0) is 43.3 Å². The molecule has 2 aromatic carbocycles. The van der Waals surface area contributed by atoms with Crippen LogP contribution in [0.2, 0.25) is 5.02 Å². The zero-order valence-corrected chi connectivity index (χ0v) is 16.7. The third-order valence-electron chi connectivity index (χ3n) is 4.83. The second-order valence-electron chi connectivity index (χ2n) is 6.90. The molecule has 28 heavy (non-hydrogen) atoms. The topological polar surface area (TPSA) is 64.7 Å². The van der Waals surface area contributed by atoms with Crippen LogP contribution in [-0.2, 0) is 16.0 Å². The Morgan fingerprint density at radius 2 is 1.64 bits per heavy atom. The minimum Gasteiger partial charge on any atom is -0.369 e. The smallest absolute Gasteiger partial charge is 0.313 e. The summed E-state index contributed by atoms with van der Waals surface area (Å²) in [6.45, 7) is 4.61. The van der Waals surface area contributed by atoms with E-state index in [4.69, 9.17) is 11.6 Å². The fourth-order valence-electron chi connectivity index (χ4n) is 3.08. The Morgan fingerprint density at radius 1 is 0.964 bits per heavy atom. The SMILES string of the molecule is CN1CCN(c2ccc(CCNC(=O)C(=O)Nc3ccccc3Cl)cc2)CC1. The molecule has 0 aliphatic carbocycles. The third-order valence-corrected chi connectivity index (χ3v) is 5.16. The highest BCUT2D eigenvalue weighted by atomic mass is 35.5. The first-order valence-electron chi connectivity index (χ1n) is 9.39. The average molecular weight is 401 g/mol. The number of anilines is 2. The van der Waals surface area contributed by atoms with E-state index in [1.165, 1.54) is 5.69 Å². The molecule has 1 fully saturated rings. The molecule has 2 N–H and O–H groups in total. The van der Waals surface area contributed by atoms with E-state index in [0.717, 1.165) is 31.7 Å². The number of benzene rings is 2. The molecule has 3 rings (SSSR count). The van der Waals surface area contributed by atoms with Crippen molar-refractivity contribution in [2.75, 3.05) is 50.0 Å². The van der Waals surface area contributed by atoms with Gasteiger partial charge in [0, 0.05) is 38.4 Å². The Bertz CT molecular complexity index is 817. The molecule has 0 saturated carbocycles. The number of hydrogen-bond donors (Lipinski definition) is 2. The van der Waals surface area contributed by atoms with Crippen molar-refractivity contribution in [2.24, 2.45) is 0 Å². The predicted molar refractivity (Wildman–Crippen MR) is 113 cm³/mol. The zero-order valence-electron chi connectivity index (χ0n) is 16.0. The van der Waals surface area contributed by atoms with Gasteiger partial charge in [-0.25, -0.2) is 0 Å². The number of carbonyl (C=O) groups excluding carboxylic acids is 2. The average Bonchev–Trinajstić information content (AvgIpc) is 2.71. The Hall–Kier alpha value is -2.57. The molecular weight excluding hydrogens is 376 g/mol. The summed E-state index contributed by atoms with van der Waals surface area (Å²) in [5.74, 6) is -1.40. The second-order valence-corrected chi connectivity index (χ2v) is 7.30. The first-order valence-corrected chi connectivity index (χ1v) is 9.77. The molecule has 2 aromatic rings. The first-order chi connectivity index (χ1) is 13.5. The fraction of sp³-hybridized carbons (Fsp3) is 0.333. The van der Waals surface area contributed by atoms with Crippen LogP contribution in [0.4, 0.5) is 11.4 Å². The monoisotopic (exact) mass is 400 g/mol. The Kier molecular flexibility index (Phi) is 6.90. The molecule has 1 saturated heterocycles. The number of likely N-dealkylation sites (N-methyl/N-ethyl adjacent to an activating group) is 1. The predicted octanol–water partition coefficient (Wildman–Crippen LogP) is 2.39. The lowest BCUT2D eigenvalue weighted by Crippen LogP contribution is -2.44. The van der Waals surface area contributed by atoms with Crippen LogP contribution in [0.5, 0.6) is 0 Å². The van der Waals surface area contributed by atoms with Crippen LogP contribution in [-0.4, -0.2) is 56.5 Å². The van der Waals surface area contributed by atoms with Crippen LogP contribution in [0, 0.1) is 0 Å². The van der Waals surface area contributed by atoms with Crippen LogP contribution in [0.1, 0.15) is 5.56 Å². The highest BCUT2D eigenvalue weighted by molar-refractivity contribution is 6.41. The maximum atomic E-state index is 12.0. The van der Waals surface area contributed by atoms with Gasteiger partial charge in [0.1, 0.15) is 0 Å². The van der Waals surface area contributed by atoms with Crippen LogP contribution in [0.15, 0.2) is 48.5 Å². The van der Waals surface area contributed by atoms with E-state index in [1.807, 2.05) is 0 Å². The van der Waals surface area contributed by atoms with Gasteiger partial charge in [0.2, 0.25) is 0 Å². The molecule has 0 aromatic heterocycles. The van der Waals surface area contributed by atoms with Crippen molar-refractivity contribution in [3.63, 3.8) is 0 Å². The molecule has 6 nitrogen and oxygen atoms in total. The van der Waals surface area contributed by atoms with Gasteiger partial charge < -0.3 is 20.4 Å². The van der Waals surface area contributed by atoms with Gasteiger partial charge in [0.25, 0.3) is 0 Å². The van der Waals surface area contributed by atoms with Gasteiger partial charge in [-0.2, -0.15) is 0 Å². The maximum Gasteiger partial charge on any atom is 0.313 e. The Labute approximate surface area is 170 Å². The van der Waals surface area contributed by atoms with Crippen molar-refractivity contribution < 1.29 is 9.59 Å². The van der Waals surface area contributed by atoms with Gasteiger partial charge in [-0.15, -0.1) is 0 Å². The molecule has 1 heterocycles. The van der Waals surface area contributed by atoms with E-state index in [0.29, 0.717) is 23.7 Å². The number of carbonyl (C=O) groups is 2. The van der Waals surface area contributed by atoms with E-state index < -0.39 is 11.8 Å². The molecule has 148 valence electrons. The number of nitrogens with one attached hydrogen (secondary N) is 2. The number of para-hydroxylation sites is 1. The summed E-state index contributed by atoms with van der Waals surface area (Å²) in [6, 6.07) is 15.2. The minimum atomic E-state index is -0.724. The lowest BCUT2D eigenvalue weighted by molar-refractivity contribution is -0.136. The Balaban J connectivity index is 1.43. The van der Waals surface area contributed by atoms with Crippen molar-refractivity contribution in [1.82, 2.24) is 10.2 Å². The summed E-state index contributed by atoms with van der Waals surface area (Å²) in [7, 11) is 2.14. The Morgan fingerprint density at radius 3 is 2.32 bits per heavy atom. The van der Waals surface area contributed by atoms with Crippen molar-refractivity contribution in [1.29, 1.82) is 0 Å².